The minimum absolute atomic E-state index is 0.0852. The Morgan fingerprint density at radius 1 is 1.54 bits per heavy atom. The molecule has 0 aliphatic heterocycles. The topological polar surface area (TPSA) is 52.3 Å². The average molecular weight is 189 g/mol. The molecule has 3 nitrogen and oxygen atoms in total. The van der Waals surface area contributed by atoms with Crippen molar-refractivity contribution in [3.05, 3.63) is 0 Å². The van der Waals surface area contributed by atoms with Gasteiger partial charge in [-0.2, -0.15) is 0 Å². The van der Waals surface area contributed by atoms with E-state index < -0.39 is 17.2 Å². The fourth-order valence-corrected chi connectivity index (χ4v) is 1.31. The standard InChI is InChI=1S/C9H16FNO2/c1-8(2,3)13-7(12)9(10)4-6(11)5-9/h6H,4-5,11H2,1-3H3. The van der Waals surface area contributed by atoms with E-state index in [1.54, 1.807) is 20.8 Å². The first-order valence-corrected chi connectivity index (χ1v) is 4.41. The molecule has 0 aromatic heterocycles. The maximum absolute atomic E-state index is 13.5. The Hall–Kier alpha value is -0.640. The normalized spacial score (nSPS) is 33.8. The van der Waals surface area contributed by atoms with Crippen LogP contribution in [-0.4, -0.2) is 23.3 Å². The molecule has 13 heavy (non-hydrogen) atoms. The van der Waals surface area contributed by atoms with Gasteiger partial charge in [0.15, 0.2) is 0 Å². The Balaban J connectivity index is 2.50. The number of ether oxygens (including phenoxy) is 1. The third kappa shape index (κ3) is 2.40. The fraction of sp³-hybridized carbons (Fsp3) is 0.889. The number of halogens is 1. The van der Waals surface area contributed by atoms with Crippen molar-refractivity contribution in [3.63, 3.8) is 0 Å². The van der Waals surface area contributed by atoms with Crippen LogP contribution in [0, 0.1) is 0 Å². The van der Waals surface area contributed by atoms with Crippen LogP contribution in [0.2, 0.25) is 0 Å². The van der Waals surface area contributed by atoms with Gasteiger partial charge in [-0.25, -0.2) is 9.18 Å². The third-order valence-electron chi connectivity index (χ3n) is 1.94. The lowest BCUT2D eigenvalue weighted by molar-refractivity contribution is -0.176. The maximum Gasteiger partial charge on any atom is 0.344 e. The van der Waals surface area contributed by atoms with Crippen molar-refractivity contribution in [2.75, 3.05) is 0 Å². The van der Waals surface area contributed by atoms with E-state index in [0.29, 0.717) is 0 Å². The Morgan fingerprint density at radius 3 is 2.31 bits per heavy atom. The first-order valence-electron chi connectivity index (χ1n) is 4.41. The van der Waals surface area contributed by atoms with E-state index >= 15 is 0 Å². The summed E-state index contributed by atoms with van der Waals surface area (Å²) in [6, 6.07) is -0.197. The summed E-state index contributed by atoms with van der Waals surface area (Å²) in [6.07, 6.45) is 0.170. The quantitative estimate of drug-likeness (QED) is 0.630. The predicted octanol–water partition coefficient (Wildman–Crippen LogP) is 1.16. The molecule has 0 spiro atoms. The molecule has 4 heteroatoms. The Labute approximate surface area is 77.4 Å². The number of hydrogen-bond donors (Lipinski definition) is 1. The van der Waals surface area contributed by atoms with Crippen LogP contribution in [0.1, 0.15) is 33.6 Å². The minimum Gasteiger partial charge on any atom is -0.458 e. The Kier molecular flexibility index (Phi) is 2.36. The van der Waals surface area contributed by atoms with Crippen LogP contribution in [0.4, 0.5) is 4.39 Å². The average Bonchev–Trinajstić information content (AvgIpc) is 1.80. The highest BCUT2D eigenvalue weighted by Crippen LogP contribution is 2.37. The molecule has 0 amide bonds. The predicted molar refractivity (Wildman–Crippen MR) is 46.9 cm³/mol. The van der Waals surface area contributed by atoms with E-state index in [4.69, 9.17) is 10.5 Å². The molecule has 1 rings (SSSR count). The Bertz CT molecular complexity index is 216. The molecule has 0 aromatic carbocycles. The van der Waals surface area contributed by atoms with Crippen molar-refractivity contribution < 1.29 is 13.9 Å². The molecule has 0 unspecified atom stereocenters. The van der Waals surface area contributed by atoms with E-state index in [1.165, 1.54) is 0 Å². The lowest BCUT2D eigenvalue weighted by atomic mass is 9.78. The molecule has 1 saturated carbocycles. The van der Waals surface area contributed by atoms with Gasteiger partial charge in [0.1, 0.15) is 5.60 Å². The highest BCUT2D eigenvalue weighted by molar-refractivity contribution is 5.81. The highest BCUT2D eigenvalue weighted by Gasteiger charge is 2.51. The molecule has 0 saturated heterocycles. The maximum atomic E-state index is 13.5. The van der Waals surface area contributed by atoms with Gasteiger partial charge in [-0.05, 0) is 20.8 Å². The first kappa shape index (κ1) is 10.4. The number of carbonyl (C=O) groups excluding carboxylic acids is 1. The molecule has 76 valence electrons. The van der Waals surface area contributed by atoms with E-state index in [9.17, 15) is 9.18 Å². The SMILES string of the molecule is CC(C)(C)OC(=O)C1(F)CC(N)C1. The van der Waals surface area contributed by atoms with Crippen molar-refractivity contribution in [2.24, 2.45) is 5.73 Å². The summed E-state index contributed by atoms with van der Waals surface area (Å²) in [5.41, 5.74) is 2.95. The molecular weight excluding hydrogens is 173 g/mol. The van der Waals surface area contributed by atoms with Crippen molar-refractivity contribution in [3.8, 4) is 0 Å². The van der Waals surface area contributed by atoms with Gasteiger partial charge >= 0.3 is 5.97 Å². The van der Waals surface area contributed by atoms with Crippen LogP contribution < -0.4 is 5.73 Å². The van der Waals surface area contributed by atoms with Gasteiger partial charge in [0.2, 0.25) is 5.67 Å². The van der Waals surface area contributed by atoms with E-state index in [1.807, 2.05) is 0 Å². The van der Waals surface area contributed by atoms with Gasteiger partial charge in [0.05, 0.1) is 0 Å². The summed E-state index contributed by atoms with van der Waals surface area (Å²) in [7, 11) is 0. The van der Waals surface area contributed by atoms with Gasteiger partial charge in [0.25, 0.3) is 0 Å². The van der Waals surface area contributed by atoms with E-state index in [0.717, 1.165) is 0 Å². The van der Waals surface area contributed by atoms with Gasteiger partial charge in [-0.1, -0.05) is 0 Å². The van der Waals surface area contributed by atoms with Crippen molar-refractivity contribution in [2.45, 2.75) is 50.9 Å². The molecule has 0 bridgehead atoms. The zero-order chi connectivity index (χ0) is 10.3. The molecule has 1 fully saturated rings. The minimum atomic E-state index is -1.83. The largest absolute Gasteiger partial charge is 0.458 e. The third-order valence-corrected chi connectivity index (χ3v) is 1.94. The first-order chi connectivity index (χ1) is 5.73. The van der Waals surface area contributed by atoms with Crippen molar-refractivity contribution in [1.29, 1.82) is 0 Å². The van der Waals surface area contributed by atoms with Crippen LogP contribution in [0.3, 0.4) is 0 Å². The number of alkyl halides is 1. The second-order valence-corrected chi connectivity index (χ2v) is 4.64. The summed E-state index contributed by atoms with van der Waals surface area (Å²) in [4.78, 5) is 11.3. The lowest BCUT2D eigenvalue weighted by Crippen LogP contribution is -2.55. The molecule has 0 aromatic rings. The second kappa shape index (κ2) is 2.94. The summed E-state index contributed by atoms with van der Waals surface area (Å²) in [6.45, 7) is 5.15. The summed E-state index contributed by atoms with van der Waals surface area (Å²) in [5.74, 6) is -0.776. The number of rotatable bonds is 1. The zero-order valence-electron chi connectivity index (χ0n) is 8.26. The van der Waals surface area contributed by atoms with Crippen LogP contribution in [0.25, 0.3) is 0 Å². The van der Waals surface area contributed by atoms with Crippen LogP contribution >= 0.6 is 0 Å². The second-order valence-electron chi connectivity index (χ2n) is 4.64. The van der Waals surface area contributed by atoms with Crippen molar-refractivity contribution >= 4 is 5.97 Å². The molecule has 0 atom stereocenters. The molecule has 0 heterocycles. The smallest absolute Gasteiger partial charge is 0.344 e. The molecule has 0 radical (unpaired) electrons. The molecule has 2 N–H and O–H groups in total. The monoisotopic (exact) mass is 189 g/mol. The van der Waals surface area contributed by atoms with E-state index in [-0.39, 0.29) is 18.9 Å². The molecule has 1 aliphatic rings. The van der Waals surface area contributed by atoms with Crippen molar-refractivity contribution in [1.82, 2.24) is 0 Å². The molecule has 1 aliphatic carbocycles. The van der Waals surface area contributed by atoms with Crippen LogP contribution in [0.5, 0.6) is 0 Å². The zero-order valence-corrected chi connectivity index (χ0v) is 8.26. The highest BCUT2D eigenvalue weighted by atomic mass is 19.1. The van der Waals surface area contributed by atoms with Crippen LogP contribution in [-0.2, 0) is 9.53 Å². The summed E-state index contributed by atoms with van der Waals surface area (Å²) >= 11 is 0. The lowest BCUT2D eigenvalue weighted by Gasteiger charge is -2.38. The molecular formula is C9H16FNO2. The van der Waals surface area contributed by atoms with E-state index in [2.05, 4.69) is 0 Å². The number of nitrogens with two attached hydrogens (primary N) is 1. The van der Waals surface area contributed by atoms with Gasteiger partial charge in [-0.15, -0.1) is 0 Å². The number of carbonyl (C=O) groups is 1. The van der Waals surface area contributed by atoms with Gasteiger partial charge in [-0.3, -0.25) is 0 Å². The number of esters is 1. The van der Waals surface area contributed by atoms with Crippen LogP contribution in [0.15, 0.2) is 0 Å². The Morgan fingerprint density at radius 2 is 2.00 bits per heavy atom. The summed E-state index contributed by atoms with van der Waals surface area (Å²) in [5, 5.41) is 0. The fourth-order valence-electron chi connectivity index (χ4n) is 1.31. The number of hydrogen-bond acceptors (Lipinski definition) is 3. The summed E-state index contributed by atoms with van der Waals surface area (Å²) < 4.78 is 18.4. The van der Waals surface area contributed by atoms with Gasteiger partial charge < -0.3 is 10.5 Å². The van der Waals surface area contributed by atoms with Gasteiger partial charge in [0, 0.05) is 18.9 Å².